The van der Waals surface area contributed by atoms with Crippen LogP contribution in [0.15, 0.2) is 18.2 Å². The van der Waals surface area contributed by atoms with Crippen LogP contribution < -0.4 is 15.4 Å². The molecule has 2 heterocycles. The molecule has 2 atom stereocenters. The second-order valence-electron chi connectivity index (χ2n) is 6.89. The summed E-state index contributed by atoms with van der Waals surface area (Å²) in [6, 6.07) is 4.25. The van der Waals surface area contributed by atoms with Crippen LogP contribution in [-0.2, 0) is 19.6 Å². The number of carbonyl (C=O) groups is 2. The van der Waals surface area contributed by atoms with Crippen molar-refractivity contribution in [3.63, 3.8) is 0 Å². The number of unbranched alkanes of at least 4 members (excludes halogenated alkanes) is 1. The highest BCUT2D eigenvalue weighted by Gasteiger charge is 2.38. The lowest BCUT2D eigenvalue weighted by molar-refractivity contribution is -0.122. The van der Waals surface area contributed by atoms with Crippen LogP contribution in [0.1, 0.15) is 39.5 Å². The van der Waals surface area contributed by atoms with Crippen molar-refractivity contribution < 1.29 is 22.7 Å². The van der Waals surface area contributed by atoms with E-state index in [0.29, 0.717) is 36.5 Å². The van der Waals surface area contributed by atoms with Crippen molar-refractivity contribution in [2.45, 2.75) is 51.7 Å². The summed E-state index contributed by atoms with van der Waals surface area (Å²) in [5, 5.41) is 5.52. The summed E-state index contributed by atoms with van der Waals surface area (Å²) in [6.07, 6.45) is 2.08. The molecule has 2 amide bonds. The van der Waals surface area contributed by atoms with Crippen molar-refractivity contribution in [3.05, 3.63) is 18.2 Å². The zero-order chi connectivity index (χ0) is 19.6. The summed E-state index contributed by atoms with van der Waals surface area (Å²) < 4.78 is 31.4. The van der Waals surface area contributed by atoms with Gasteiger partial charge in [-0.1, -0.05) is 19.8 Å². The highest BCUT2D eigenvalue weighted by atomic mass is 32.2. The normalized spacial score (nSPS) is 22.4. The second-order valence-corrected chi connectivity index (χ2v) is 8.93. The van der Waals surface area contributed by atoms with E-state index in [1.165, 1.54) is 4.31 Å². The number of ether oxygens (including phenoxy) is 1. The number of rotatable bonds is 6. The van der Waals surface area contributed by atoms with Crippen LogP contribution in [-0.4, -0.2) is 49.0 Å². The number of nitrogens with one attached hydrogen (secondary N) is 2. The van der Waals surface area contributed by atoms with E-state index in [0.717, 1.165) is 12.8 Å². The third kappa shape index (κ3) is 4.24. The molecule has 0 aromatic heterocycles. The first-order valence-electron chi connectivity index (χ1n) is 9.24. The fourth-order valence-electron chi connectivity index (χ4n) is 3.32. The van der Waals surface area contributed by atoms with E-state index in [2.05, 4.69) is 10.6 Å². The SMILES string of the molecule is CCCCC(C(=O)Nc1ccc2c(c1)NC(=O)C(C)O2)N1CCCS1(=O)=O. The average molecular weight is 395 g/mol. The Bertz CT molecular complexity index is 839. The molecule has 8 nitrogen and oxygen atoms in total. The number of hydrogen-bond acceptors (Lipinski definition) is 5. The lowest BCUT2D eigenvalue weighted by Gasteiger charge is -2.26. The number of hydrogen-bond donors (Lipinski definition) is 2. The molecule has 2 N–H and O–H groups in total. The number of amides is 2. The zero-order valence-corrected chi connectivity index (χ0v) is 16.3. The van der Waals surface area contributed by atoms with Crippen molar-refractivity contribution in [3.8, 4) is 5.75 Å². The van der Waals surface area contributed by atoms with E-state index in [9.17, 15) is 18.0 Å². The molecule has 0 spiro atoms. The highest BCUT2D eigenvalue weighted by molar-refractivity contribution is 7.89. The predicted molar refractivity (Wildman–Crippen MR) is 102 cm³/mol. The van der Waals surface area contributed by atoms with E-state index in [-0.39, 0.29) is 17.6 Å². The third-order valence-corrected chi connectivity index (χ3v) is 6.75. The van der Waals surface area contributed by atoms with Gasteiger partial charge in [0, 0.05) is 12.2 Å². The highest BCUT2D eigenvalue weighted by Crippen LogP contribution is 2.32. The van der Waals surface area contributed by atoms with E-state index >= 15 is 0 Å². The molecule has 0 radical (unpaired) electrons. The quantitative estimate of drug-likeness (QED) is 0.766. The third-order valence-electron chi connectivity index (χ3n) is 4.80. The summed E-state index contributed by atoms with van der Waals surface area (Å²) in [5.74, 6) is 0.00792. The van der Waals surface area contributed by atoms with Gasteiger partial charge in [0.2, 0.25) is 15.9 Å². The van der Waals surface area contributed by atoms with Crippen LogP contribution in [0.5, 0.6) is 5.75 Å². The monoisotopic (exact) mass is 395 g/mol. The van der Waals surface area contributed by atoms with Crippen molar-refractivity contribution in [1.29, 1.82) is 0 Å². The average Bonchev–Trinajstić information content (AvgIpc) is 2.96. The molecule has 0 bridgehead atoms. The summed E-state index contributed by atoms with van der Waals surface area (Å²) in [5.41, 5.74) is 0.963. The number of carbonyl (C=O) groups excluding carboxylic acids is 2. The van der Waals surface area contributed by atoms with E-state index < -0.39 is 22.2 Å². The van der Waals surface area contributed by atoms with Crippen LogP contribution in [0.3, 0.4) is 0 Å². The Labute approximate surface area is 159 Å². The number of fused-ring (bicyclic) bond motifs is 1. The summed E-state index contributed by atoms with van der Waals surface area (Å²) in [6.45, 7) is 4.03. The Morgan fingerprint density at radius 2 is 2.22 bits per heavy atom. The van der Waals surface area contributed by atoms with Gasteiger partial charge in [-0.25, -0.2) is 8.42 Å². The van der Waals surface area contributed by atoms with Crippen molar-refractivity contribution >= 4 is 33.2 Å². The Hall–Kier alpha value is -2.13. The molecule has 2 aliphatic heterocycles. The van der Waals surface area contributed by atoms with Gasteiger partial charge < -0.3 is 15.4 Å². The maximum atomic E-state index is 12.8. The van der Waals surface area contributed by atoms with Gasteiger partial charge in [-0.05, 0) is 38.0 Å². The molecule has 1 aromatic rings. The minimum absolute atomic E-state index is 0.0866. The van der Waals surface area contributed by atoms with Gasteiger partial charge >= 0.3 is 0 Å². The lowest BCUT2D eigenvalue weighted by atomic mass is 10.1. The molecule has 2 unspecified atom stereocenters. The van der Waals surface area contributed by atoms with E-state index in [1.807, 2.05) is 6.92 Å². The molecule has 2 aliphatic rings. The molecule has 1 aromatic carbocycles. The number of sulfonamides is 1. The van der Waals surface area contributed by atoms with Gasteiger partial charge in [0.05, 0.1) is 11.4 Å². The molecule has 0 aliphatic carbocycles. The van der Waals surface area contributed by atoms with Gasteiger partial charge in [-0.2, -0.15) is 4.31 Å². The number of benzene rings is 1. The van der Waals surface area contributed by atoms with Gasteiger partial charge in [0.25, 0.3) is 5.91 Å². The molecule has 1 saturated heterocycles. The van der Waals surface area contributed by atoms with Gasteiger partial charge in [-0.3, -0.25) is 9.59 Å². The van der Waals surface area contributed by atoms with Crippen LogP contribution >= 0.6 is 0 Å². The Kier molecular flexibility index (Phi) is 5.71. The summed E-state index contributed by atoms with van der Waals surface area (Å²) in [4.78, 5) is 24.6. The summed E-state index contributed by atoms with van der Waals surface area (Å²) >= 11 is 0. The Morgan fingerprint density at radius 3 is 2.89 bits per heavy atom. The van der Waals surface area contributed by atoms with Gasteiger partial charge in [0.1, 0.15) is 11.8 Å². The smallest absolute Gasteiger partial charge is 0.265 e. The standard InChI is InChI=1S/C18H25N3O5S/c1-3-4-6-15(21-9-5-10-27(21,24)25)18(23)19-13-7-8-16-14(11-13)20-17(22)12(2)26-16/h7-8,11-12,15H,3-6,9-10H2,1-2H3,(H,19,23)(H,20,22). The number of anilines is 2. The fourth-order valence-corrected chi connectivity index (χ4v) is 5.05. The Balaban J connectivity index is 1.77. The minimum Gasteiger partial charge on any atom is -0.479 e. The molecule has 1 fully saturated rings. The van der Waals surface area contributed by atoms with Crippen LogP contribution in [0.2, 0.25) is 0 Å². The van der Waals surface area contributed by atoms with Gasteiger partial charge in [0.15, 0.2) is 6.10 Å². The Morgan fingerprint density at radius 1 is 1.44 bits per heavy atom. The summed E-state index contributed by atoms with van der Waals surface area (Å²) in [7, 11) is -3.39. The molecular formula is C18H25N3O5S. The van der Waals surface area contributed by atoms with Crippen LogP contribution in [0.25, 0.3) is 0 Å². The maximum absolute atomic E-state index is 12.8. The fraction of sp³-hybridized carbons (Fsp3) is 0.556. The first kappa shape index (κ1) is 19.6. The molecule has 0 saturated carbocycles. The second kappa shape index (κ2) is 7.85. The number of nitrogens with zero attached hydrogens (tertiary/aromatic N) is 1. The molecule has 9 heteroatoms. The van der Waals surface area contributed by atoms with Crippen LogP contribution in [0, 0.1) is 0 Å². The maximum Gasteiger partial charge on any atom is 0.265 e. The first-order chi connectivity index (χ1) is 12.8. The van der Waals surface area contributed by atoms with E-state index in [1.54, 1.807) is 25.1 Å². The van der Waals surface area contributed by atoms with E-state index in [4.69, 9.17) is 4.74 Å². The molecule has 3 rings (SSSR count). The van der Waals surface area contributed by atoms with Crippen molar-refractivity contribution in [2.24, 2.45) is 0 Å². The lowest BCUT2D eigenvalue weighted by Crippen LogP contribution is -2.45. The first-order valence-corrected chi connectivity index (χ1v) is 10.8. The van der Waals surface area contributed by atoms with Crippen LogP contribution in [0.4, 0.5) is 11.4 Å². The molecule has 27 heavy (non-hydrogen) atoms. The van der Waals surface area contributed by atoms with Crippen molar-refractivity contribution in [1.82, 2.24) is 4.31 Å². The molecular weight excluding hydrogens is 370 g/mol. The largest absolute Gasteiger partial charge is 0.479 e. The van der Waals surface area contributed by atoms with Gasteiger partial charge in [-0.15, -0.1) is 0 Å². The molecule has 148 valence electrons. The predicted octanol–water partition coefficient (Wildman–Crippen LogP) is 1.94. The topological polar surface area (TPSA) is 105 Å². The minimum atomic E-state index is -3.39. The van der Waals surface area contributed by atoms with Crippen molar-refractivity contribution in [2.75, 3.05) is 22.9 Å². The zero-order valence-electron chi connectivity index (χ0n) is 15.5.